The van der Waals surface area contributed by atoms with Crippen LogP contribution in [0.5, 0.6) is 0 Å². The fraction of sp³-hybridized carbons (Fsp3) is 0. The lowest BCUT2D eigenvalue weighted by Gasteiger charge is -2.26. The maximum Gasteiger partial charge on any atom is 0.0468 e. The van der Waals surface area contributed by atoms with Gasteiger partial charge in [-0.1, -0.05) is 188 Å². The molecular formula is C60H39NS. The highest BCUT2D eigenvalue weighted by molar-refractivity contribution is 7.26. The summed E-state index contributed by atoms with van der Waals surface area (Å²) in [6.07, 6.45) is 0. The lowest BCUT2D eigenvalue weighted by atomic mass is 9.92. The smallest absolute Gasteiger partial charge is 0.0468 e. The molecule has 1 aromatic heterocycles. The van der Waals surface area contributed by atoms with Crippen LogP contribution >= 0.6 is 11.3 Å². The third-order valence-electron chi connectivity index (χ3n) is 12.5. The zero-order valence-corrected chi connectivity index (χ0v) is 34.7. The second-order valence-electron chi connectivity index (χ2n) is 16.0. The molecule has 0 aliphatic heterocycles. The van der Waals surface area contributed by atoms with E-state index in [1.807, 2.05) is 11.3 Å². The van der Waals surface area contributed by atoms with Crippen LogP contribution in [-0.4, -0.2) is 0 Å². The molecule has 12 rings (SSSR count). The van der Waals surface area contributed by atoms with Crippen molar-refractivity contribution in [2.24, 2.45) is 0 Å². The molecule has 11 aromatic carbocycles. The fourth-order valence-corrected chi connectivity index (χ4v) is 10.7. The molecule has 0 atom stereocenters. The van der Waals surface area contributed by atoms with E-state index in [0.29, 0.717) is 0 Å². The summed E-state index contributed by atoms with van der Waals surface area (Å²) in [6, 6.07) is 86.9. The van der Waals surface area contributed by atoms with Gasteiger partial charge in [-0.3, -0.25) is 0 Å². The van der Waals surface area contributed by atoms with Crippen molar-refractivity contribution in [3.05, 3.63) is 237 Å². The van der Waals surface area contributed by atoms with E-state index in [2.05, 4.69) is 241 Å². The average Bonchev–Trinajstić information content (AvgIpc) is 3.73. The molecule has 0 N–H and O–H groups in total. The maximum atomic E-state index is 2.44. The van der Waals surface area contributed by atoms with E-state index in [0.717, 1.165) is 17.1 Å². The van der Waals surface area contributed by atoms with Crippen molar-refractivity contribution in [3.8, 4) is 22.3 Å². The third-order valence-corrected chi connectivity index (χ3v) is 13.6. The van der Waals surface area contributed by atoms with E-state index in [4.69, 9.17) is 0 Å². The van der Waals surface area contributed by atoms with Gasteiger partial charge in [0.1, 0.15) is 0 Å². The summed E-state index contributed by atoms with van der Waals surface area (Å²) >= 11 is 1.88. The molecule has 290 valence electrons. The topological polar surface area (TPSA) is 3.24 Å². The van der Waals surface area contributed by atoms with Crippen LogP contribution in [0.15, 0.2) is 237 Å². The highest BCUT2D eigenvalue weighted by Crippen LogP contribution is 2.45. The fourth-order valence-electron chi connectivity index (χ4n) is 9.60. The molecule has 0 saturated heterocycles. The van der Waals surface area contributed by atoms with E-state index in [1.54, 1.807) is 0 Å². The molecule has 0 fully saturated rings. The summed E-state index contributed by atoms with van der Waals surface area (Å²) in [6.45, 7) is 0. The minimum atomic E-state index is 1.10. The third kappa shape index (κ3) is 6.07. The van der Waals surface area contributed by atoms with Crippen LogP contribution in [-0.2, 0) is 0 Å². The zero-order chi connectivity index (χ0) is 41.0. The number of anilines is 3. The van der Waals surface area contributed by atoms with Crippen LogP contribution in [0.4, 0.5) is 17.1 Å². The van der Waals surface area contributed by atoms with Crippen molar-refractivity contribution in [2.45, 2.75) is 0 Å². The van der Waals surface area contributed by atoms with Crippen molar-refractivity contribution >= 4 is 102 Å². The highest BCUT2D eigenvalue weighted by Gasteiger charge is 2.18. The minimum Gasteiger partial charge on any atom is -0.310 e. The van der Waals surface area contributed by atoms with Gasteiger partial charge in [-0.15, -0.1) is 11.3 Å². The largest absolute Gasteiger partial charge is 0.310 e. The van der Waals surface area contributed by atoms with Gasteiger partial charge < -0.3 is 4.90 Å². The lowest BCUT2D eigenvalue weighted by molar-refractivity contribution is 1.29. The number of hydrogen-bond donors (Lipinski definition) is 0. The van der Waals surface area contributed by atoms with Crippen LogP contribution in [0.3, 0.4) is 0 Å². The number of hydrogen-bond acceptors (Lipinski definition) is 2. The van der Waals surface area contributed by atoms with Gasteiger partial charge in [-0.05, 0) is 125 Å². The Bertz CT molecular complexity index is 3720. The molecule has 0 spiro atoms. The van der Waals surface area contributed by atoms with Crippen molar-refractivity contribution in [3.63, 3.8) is 0 Å². The van der Waals surface area contributed by atoms with E-state index < -0.39 is 0 Å². The Kier molecular flexibility index (Phi) is 8.76. The van der Waals surface area contributed by atoms with E-state index in [-0.39, 0.29) is 0 Å². The van der Waals surface area contributed by atoms with E-state index in [9.17, 15) is 0 Å². The Labute approximate surface area is 364 Å². The van der Waals surface area contributed by atoms with Crippen LogP contribution in [0.25, 0.3) is 96.3 Å². The second kappa shape index (κ2) is 15.0. The molecule has 0 radical (unpaired) electrons. The summed E-state index contributed by atoms with van der Waals surface area (Å²) in [5.74, 6) is 0. The number of rotatable bonds is 5. The van der Waals surface area contributed by atoms with Gasteiger partial charge in [0.2, 0.25) is 0 Å². The Hall–Kier alpha value is -7.78. The minimum absolute atomic E-state index is 1.10. The summed E-state index contributed by atoms with van der Waals surface area (Å²) in [5.41, 5.74) is 8.12. The Morgan fingerprint density at radius 1 is 0.226 bits per heavy atom. The highest BCUT2D eigenvalue weighted by atomic mass is 32.1. The number of benzene rings is 10. The quantitative estimate of drug-likeness (QED) is 0.167. The first-order valence-electron chi connectivity index (χ1n) is 21.3. The normalized spacial score (nSPS) is 11.5. The molecule has 0 bridgehead atoms. The standard InChI is InChI=1S/C60H39NS/c1-3-15-40(16-4-1)41-27-29-42(30-28-41)43-31-33-45(34-32-43)61(44-17-5-2-6-18-44)46-35-36-52-50-22-10-8-20-48(50)47-19-7-9-21-49(47)51-23-11-12-24-53(51)59-54(56(52)39-46)37-38-58-60(59)55-25-13-14-26-57(55)62-58/h1-39H. The van der Waals surface area contributed by atoms with Crippen molar-refractivity contribution in [2.75, 3.05) is 4.90 Å². The van der Waals surface area contributed by atoms with Gasteiger partial charge in [-0.25, -0.2) is 0 Å². The van der Waals surface area contributed by atoms with E-state index in [1.165, 1.54) is 96.3 Å². The van der Waals surface area contributed by atoms with Crippen LogP contribution in [0.1, 0.15) is 0 Å². The first kappa shape index (κ1) is 36.1. The Morgan fingerprint density at radius 3 is 1.21 bits per heavy atom. The Morgan fingerprint density at radius 2 is 0.613 bits per heavy atom. The molecular weight excluding hydrogens is 767 g/mol. The van der Waals surface area contributed by atoms with Gasteiger partial charge in [0.25, 0.3) is 0 Å². The van der Waals surface area contributed by atoms with Gasteiger partial charge >= 0.3 is 0 Å². The predicted molar refractivity (Wildman–Crippen MR) is 270 cm³/mol. The van der Waals surface area contributed by atoms with Gasteiger partial charge in [0.15, 0.2) is 0 Å². The van der Waals surface area contributed by atoms with Crippen molar-refractivity contribution < 1.29 is 0 Å². The number of fused-ring (bicyclic) bond motifs is 14. The predicted octanol–water partition coefficient (Wildman–Crippen LogP) is 17.7. The van der Waals surface area contributed by atoms with Gasteiger partial charge in [-0.2, -0.15) is 0 Å². The molecule has 1 heterocycles. The zero-order valence-electron chi connectivity index (χ0n) is 33.9. The molecule has 0 amide bonds. The van der Waals surface area contributed by atoms with Crippen molar-refractivity contribution in [1.82, 2.24) is 0 Å². The van der Waals surface area contributed by atoms with Crippen LogP contribution < -0.4 is 4.90 Å². The molecule has 2 heteroatoms. The summed E-state index contributed by atoms with van der Waals surface area (Å²) in [4.78, 5) is 2.40. The molecule has 62 heavy (non-hydrogen) atoms. The molecule has 0 unspecified atom stereocenters. The molecule has 0 aliphatic carbocycles. The molecule has 12 aromatic rings. The first-order chi connectivity index (χ1) is 30.8. The van der Waals surface area contributed by atoms with Crippen molar-refractivity contribution in [1.29, 1.82) is 0 Å². The van der Waals surface area contributed by atoms with Gasteiger partial charge in [0, 0.05) is 37.2 Å². The number of para-hydroxylation sites is 1. The number of nitrogens with zero attached hydrogens (tertiary/aromatic N) is 1. The van der Waals surface area contributed by atoms with Crippen LogP contribution in [0, 0.1) is 0 Å². The monoisotopic (exact) mass is 805 g/mol. The molecule has 0 aliphatic rings. The Balaban J connectivity index is 1.16. The summed E-state index contributed by atoms with van der Waals surface area (Å²) in [7, 11) is 0. The SMILES string of the molecule is c1ccc(-c2ccc(-c3ccc(N(c4ccccc4)c4ccc5c6ccccc6c6ccccc6c6ccccc6c6c(ccc7sc8ccccc8c76)c5c4)cc3)cc2)cc1. The van der Waals surface area contributed by atoms with Crippen LogP contribution in [0.2, 0.25) is 0 Å². The lowest BCUT2D eigenvalue weighted by Crippen LogP contribution is -2.09. The van der Waals surface area contributed by atoms with E-state index >= 15 is 0 Å². The summed E-state index contributed by atoms with van der Waals surface area (Å²) in [5, 5.41) is 14.9. The molecule has 0 saturated carbocycles. The first-order valence-corrected chi connectivity index (χ1v) is 22.1. The number of thiophene rings is 1. The second-order valence-corrected chi connectivity index (χ2v) is 17.1. The maximum absolute atomic E-state index is 2.44. The average molecular weight is 806 g/mol. The molecule has 1 nitrogen and oxygen atoms in total. The summed E-state index contributed by atoms with van der Waals surface area (Å²) < 4.78 is 2.60. The van der Waals surface area contributed by atoms with Gasteiger partial charge in [0.05, 0.1) is 0 Å².